The van der Waals surface area contributed by atoms with E-state index in [0.29, 0.717) is 0 Å². The van der Waals surface area contributed by atoms with Crippen LogP contribution in [-0.2, 0) is 4.79 Å². The number of allylic oxidation sites excluding steroid dienone is 4. The standard InChI is InChI=1S/C9H12N2OS/c10-11-9(12)6-3-7-1-4-8(13)5-2-7/h1,3-7,13H,2,10H2,(H,11,12). The lowest BCUT2D eigenvalue weighted by Gasteiger charge is -2.08. The molecule has 0 saturated heterocycles. The molecule has 0 aliphatic heterocycles. The first-order valence-electron chi connectivity index (χ1n) is 3.98. The molecule has 0 fully saturated rings. The van der Waals surface area contributed by atoms with Crippen LogP contribution in [-0.4, -0.2) is 5.91 Å². The molecule has 1 amide bonds. The first-order valence-corrected chi connectivity index (χ1v) is 4.43. The molecule has 13 heavy (non-hydrogen) atoms. The molecular weight excluding hydrogens is 184 g/mol. The maximum absolute atomic E-state index is 10.7. The highest BCUT2D eigenvalue weighted by Gasteiger charge is 2.03. The average Bonchev–Trinajstić information content (AvgIpc) is 2.16. The Morgan fingerprint density at radius 2 is 2.54 bits per heavy atom. The van der Waals surface area contributed by atoms with Crippen LogP contribution in [0.25, 0.3) is 0 Å². The number of thiol groups is 1. The summed E-state index contributed by atoms with van der Waals surface area (Å²) in [5.41, 5.74) is 2.03. The fourth-order valence-corrected chi connectivity index (χ4v) is 1.22. The van der Waals surface area contributed by atoms with E-state index in [1.54, 1.807) is 0 Å². The summed E-state index contributed by atoms with van der Waals surface area (Å²) >= 11 is 4.18. The van der Waals surface area contributed by atoms with Crippen LogP contribution in [0.5, 0.6) is 0 Å². The predicted molar refractivity (Wildman–Crippen MR) is 55.8 cm³/mol. The van der Waals surface area contributed by atoms with Crippen molar-refractivity contribution in [2.75, 3.05) is 0 Å². The van der Waals surface area contributed by atoms with Crippen LogP contribution in [0.2, 0.25) is 0 Å². The third kappa shape index (κ3) is 3.48. The second kappa shape index (κ2) is 4.89. The molecule has 3 nitrogen and oxygen atoms in total. The largest absolute Gasteiger partial charge is 0.291 e. The van der Waals surface area contributed by atoms with Gasteiger partial charge in [-0.3, -0.25) is 10.2 Å². The van der Waals surface area contributed by atoms with Crippen molar-refractivity contribution in [3.8, 4) is 0 Å². The maximum Gasteiger partial charge on any atom is 0.257 e. The van der Waals surface area contributed by atoms with Gasteiger partial charge in [-0.05, 0) is 17.2 Å². The van der Waals surface area contributed by atoms with Crippen LogP contribution >= 0.6 is 12.6 Å². The fraction of sp³-hybridized carbons (Fsp3) is 0.222. The number of hydrogen-bond acceptors (Lipinski definition) is 3. The topological polar surface area (TPSA) is 55.1 Å². The SMILES string of the molecule is NNC(=O)C=CC1C=CC(S)=CC1. The van der Waals surface area contributed by atoms with Crippen molar-refractivity contribution in [3.63, 3.8) is 0 Å². The van der Waals surface area contributed by atoms with Crippen LogP contribution in [0.15, 0.2) is 35.3 Å². The van der Waals surface area contributed by atoms with Gasteiger partial charge in [0.25, 0.3) is 5.91 Å². The number of carbonyl (C=O) groups excluding carboxylic acids is 1. The maximum atomic E-state index is 10.7. The summed E-state index contributed by atoms with van der Waals surface area (Å²) in [4.78, 5) is 11.7. The van der Waals surface area contributed by atoms with Crippen LogP contribution < -0.4 is 11.3 Å². The molecule has 70 valence electrons. The van der Waals surface area contributed by atoms with Gasteiger partial charge in [-0.2, -0.15) is 0 Å². The molecule has 0 aromatic rings. The Bertz CT molecular complexity index is 281. The van der Waals surface area contributed by atoms with E-state index in [4.69, 9.17) is 5.84 Å². The first-order chi connectivity index (χ1) is 6.22. The monoisotopic (exact) mass is 196 g/mol. The van der Waals surface area contributed by atoms with Crippen LogP contribution in [0, 0.1) is 5.92 Å². The Balaban J connectivity index is 2.45. The van der Waals surface area contributed by atoms with E-state index in [0.717, 1.165) is 11.3 Å². The molecule has 1 aliphatic carbocycles. The van der Waals surface area contributed by atoms with Gasteiger partial charge in [-0.15, -0.1) is 12.6 Å². The van der Waals surface area contributed by atoms with Crippen molar-refractivity contribution < 1.29 is 4.79 Å². The molecule has 0 aromatic carbocycles. The summed E-state index contributed by atoms with van der Waals surface area (Å²) in [6, 6.07) is 0. The molecule has 3 N–H and O–H groups in total. The quantitative estimate of drug-likeness (QED) is 0.202. The van der Waals surface area contributed by atoms with Crippen LogP contribution in [0.4, 0.5) is 0 Å². The Labute approximate surface area is 82.8 Å². The lowest BCUT2D eigenvalue weighted by Crippen LogP contribution is -2.28. The van der Waals surface area contributed by atoms with E-state index < -0.39 is 0 Å². The number of hydrazine groups is 1. The second-order valence-electron chi connectivity index (χ2n) is 2.76. The summed E-state index contributed by atoms with van der Waals surface area (Å²) in [6.45, 7) is 0. The van der Waals surface area contributed by atoms with Gasteiger partial charge in [0.15, 0.2) is 0 Å². The van der Waals surface area contributed by atoms with E-state index in [2.05, 4.69) is 12.6 Å². The highest BCUT2D eigenvalue weighted by molar-refractivity contribution is 7.84. The van der Waals surface area contributed by atoms with Crippen molar-refractivity contribution in [1.29, 1.82) is 0 Å². The normalized spacial score (nSPS) is 21.7. The van der Waals surface area contributed by atoms with Crippen molar-refractivity contribution in [3.05, 3.63) is 35.3 Å². The van der Waals surface area contributed by atoms with Gasteiger partial charge in [0.2, 0.25) is 0 Å². The first kappa shape index (κ1) is 10.1. The number of carbonyl (C=O) groups is 1. The minimum atomic E-state index is -0.283. The van der Waals surface area contributed by atoms with E-state index in [-0.39, 0.29) is 11.8 Å². The zero-order chi connectivity index (χ0) is 9.68. The molecule has 4 heteroatoms. The minimum Gasteiger partial charge on any atom is -0.291 e. The summed E-state index contributed by atoms with van der Waals surface area (Å²) in [7, 11) is 0. The lowest BCUT2D eigenvalue weighted by atomic mass is 10.0. The zero-order valence-corrected chi connectivity index (χ0v) is 8.00. The molecule has 1 rings (SSSR count). The Kier molecular flexibility index (Phi) is 3.79. The third-order valence-corrected chi connectivity index (χ3v) is 2.08. The van der Waals surface area contributed by atoms with Gasteiger partial charge in [-0.1, -0.05) is 24.3 Å². The average molecular weight is 196 g/mol. The van der Waals surface area contributed by atoms with E-state index >= 15 is 0 Å². The Morgan fingerprint density at radius 1 is 1.77 bits per heavy atom. The van der Waals surface area contributed by atoms with Gasteiger partial charge in [0.05, 0.1) is 0 Å². The van der Waals surface area contributed by atoms with Crippen molar-refractivity contribution in [2.45, 2.75) is 6.42 Å². The minimum absolute atomic E-state index is 0.271. The van der Waals surface area contributed by atoms with Crippen molar-refractivity contribution in [2.24, 2.45) is 11.8 Å². The number of rotatable bonds is 2. The van der Waals surface area contributed by atoms with E-state index in [1.165, 1.54) is 6.08 Å². The number of nitrogens with one attached hydrogen (secondary N) is 1. The van der Waals surface area contributed by atoms with Gasteiger partial charge >= 0.3 is 0 Å². The summed E-state index contributed by atoms with van der Waals surface area (Å²) in [5.74, 6) is 4.90. The van der Waals surface area contributed by atoms with E-state index in [1.807, 2.05) is 29.7 Å². The summed E-state index contributed by atoms with van der Waals surface area (Å²) in [5, 5.41) is 0. The Morgan fingerprint density at radius 3 is 3.08 bits per heavy atom. The van der Waals surface area contributed by atoms with Gasteiger partial charge in [0.1, 0.15) is 0 Å². The summed E-state index contributed by atoms with van der Waals surface area (Å²) in [6.07, 6.45) is 10.1. The molecule has 0 heterocycles. The van der Waals surface area contributed by atoms with Crippen molar-refractivity contribution >= 4 is 18.5 Å². The highest BCUT2D eigenvalue weighted by Crippen LogP contribution is 2.18. The molecule has 1 atom stereocenters. The van der Waals surface area contributed by atoms with Gasteiger partial charge < -0.3 is 0 Å². The molecule has 1 unspecified atom stereocenters. The van der Waals surface area contributed by atoms with Gasteiger partial charge in [-0.25, -0.2) is 5.84 Å². The molecule has 0 aromatic heterocycles. The number of nitrogens with two attached hydrogens (primary N) is 1. The highest BCUT2D eigenvalue weighted by atomic mass is 32.1. The van der Waals surface area contributed by atoms with Gasteiger partial charge in [0, 0.05) is 6.08 Å². The second-order valence-corrected chi connectivity index (χ2v) is 3.27. The molecule has 0 bridgehead atoms. The third-order valence-electron chi connectivity index (χ3n) is 1.75. The molecule has 1 aliphatic rings. The smallest absolute Gasteiger partial charge is 0.257 e. The van der Waals surface area contributed by atoms with Crippen molar-refractivity contribution in [1.82, 2.24) is 5.43 Å². The Hall–Kier alpha value is -1.00. The predicted octanol–water partition coefficient (Wildman–Crippen LogP) is 0.922. The molecule has 0 saturated carbocycles. The number of hydrogen-bond donors (Lipinski definition) is 3. The van der Waals surface area contributed by atoms with Crippen LogP contribution in [0.3, 0.4) is 0 Å². The summed E-state index contributed by atoms with van der Waals surface area (Å²) < 4.78 is 0. The molecular formula is C9H12N2OS. The zero-order valence-electron chi connectivity index (χ0n) is 7.10. The molecule has 0 spiro atoms. The fourth-order valence-electron chi connectivity index (χ4n) is 1.03. The number of amides is 1. The molecule has 0 radical (unpaired) electrons. The van der Waals surface area contributed by atoms with Crippen LogP contribution in [0.1, 0.15) is 6.42 Å². The lowest BCUT2D eigenvalue weighted by molar-refractivity contribution is -0.116. The van der Waals surface area contributed by atoms with E-state index in [9.17, 15) is 4.79 Å².